The summed E-state index contributed by atoms with van der Waals surface area (Å²) in [6.07, 6.45) is 5.65. The molecule has 1 nitrogen and oxygen atoms in total. The molecule has 0 heterocycles. The van der Waals surface area contributed by atoms with Gasteiger partial charge in [0.25, 0.3) is 0 Å². The van der Waals surface area contributed by atoms with E-state index in [9.17, 15) is 5.11 Å². The first-order chi connectivity index (χ1) is 8.44. The molecule has 2 heteroatoms. The molecule has 2 rings (SSSR count). The van der Waals surface area contributed by atoms with Crippen molar-refractivity contribution in [2.75, 3.05) is 0 Å². The van der Waals surface area contributed by atoms with Gasteiger partial charge in [-0.25, -0.2) is 0 Å². The fraction of sp³-hybridized carbons (Fsp3) is 0.625. The van der Waals surface area contributed by atoms with Gasteiger partial charge in [-0.05, 0) is 54.9 Å². The number of hydrogen-bond acceptors (Lipinski definition) is 1. The van der Waals surface area contributed by atoms with Gasteiger partial charge in [0.1, 0.15) is 0 Å². The van der Waals surface area contributed by atoms with Gasteiger partial charge in [0.2, 0.25) is 0 Å². The third-order valence-corrected chi connectivity index (χ3v) is 4.91. The molecule has 1 saturated carbocycles. The van der Waals surface area contributed by atoms with Crippen LogP contribution in [0.4, 0.5) is 0 Å². The van der Waals surface area contributed by atoms with E-state index in [1.54, 1.807) is 0 Å². The molecule has 0 radical (unpaired) electrons. The summed E-state index contributed by atoms with van der Waals surface area (Å²) in [4.78, 5) is 0. The van der Waals surface area contributed by atoms with Gasteiger partial charge in [-0.2, -0.15) is 0 Å². The number of hydrogen-bond donors (Lipinski definition) is 1. The third-order valence-electron chi connectivity index (χ3n) is 4.50. The monoisotopic (exact) mass is 266 g/mol. The molecule has 1 aliphatic carbocycles. The van der Waals surface area contributed by atoms with Crippen molar-refractivity contribution in [1.29, 1.82) is 0 Å². The molecule has 0 bridgehead atoms. The van der Waals surface area contributed by atoms with Crippen LogP contribution >= 0.6 is 11.6 Å². The topological polar surface area (TPSA) is 20.2 Å². The molecular formula is C16H23ClO. The Kier molecular flexibility index (Phi) is 4.03. The van der Waals surface area contributed by atoms with Crippen molar-refractivity contribution in [2.24, 2.45) is 5.41 Å². The fourth-order valence-corrected chi connectivity index (χ4v) is 3.32. The summed E-state index contributed by atoms with van der Waals surface area (Å²) in [5.74, 6) is 0. The first-order valence-corrected chi connectivity index (χ1v) is 7.26. The Hall–Kier alpha value is -0.530. The first-order valence-electron chi connectivity index (χ1n) is 6.89. The highest BCUT2D eigenvalue weighted by molar-refractivity contribution is 6.31. The number of aliphatic hydroxyl groups is 1. The molecule has 0 amide bonds. The van der Waals surface area contributed by atoms with Crippen LogP contribution in [0.5, 0.6) is 0 Å². The molecule has 1 aliphatic rings. The number of aliphatic hydroxyl groups excluding tert-OH is 1. The molecule has 0 saturated heterocycles. The lowest BCUT2D eigenvalue weighted by molar-refractivity contribution is 0.00775. The molecule has 1 aromatic carbocycles. The second-order valence-corrected chi connectivity index (χ2v) is 6.48. The Morgan fingerprint density at radius 1 is 1.11 bits per heavy atom. The zero-order chi connectivity index (χ0) is 13.3. The maximum atomic E-state index is 10.8. The highest BCUT2D eigenvalue weighted by Crippen LogP contribution is 2.46. The lowest BCUT2D eigenvalue weighted by atomic mass is 9.69. The SMILES string of the molecule is Cc1cc(C(O)C2(C)CCCCC2)c(C)cc1Cl. The van der Waals surface area contributed by atoms with Crippen molar-refractivity contribution in [2.45, 2.75) is 59.0 Å². The van der Waals surface area contributed by atoms with Gasteiger partial charge in [0, 0.05) is 5.02 Å². The van der Waals surface area contributed by atoms with E-state index >= 15 is 0 Å². The fourth-order valence-electron chi connectivity index (χ4n) is 3.11. The number of rotatable bonds is 2. The van der Waals surface area contributed by atoms with E-state index in [1.807, 2.05) is 19.9 Å². The van der Waals surface area contributed by atoms with E-state index in [0.29, 0.717) is 0 Å². The van der Waals surface area contributed by atoms with Crippen molar-refractivity contribution < 1.29 is 5.11 Å². The number of halogens is 1. The summed E-state index contributed by atoms with van der Waals surface area (Å²) in [6.45, 7) is 6.26. The lowest BCUT2D eigenvalue weighted by Gasteiger charge is -2.38. The van der Waals surface area contributed by atoms with Gasteiger partial charge >= 0.3 is 0 Å². The van der Waals surface area contributed by atoms with E-state index in [1.165, 1.54) is 19.3 Å². The number of benzene rings is 1. The van der Waals surface area contributed by atoms with Crippen LogP contribution in [0.15, 0.2) is 12.1 Å². The van der Waals surface area contributed by atoms with E-state index in [2.05, 4.69) is 13.0 Å². The van der Waals surface area contributed by atoms with Crippen LogP contribution in [0, 0.1) is 19.3 Å². The average molecular weight is 267 g/mol. The predicted octanol–water partition coefficient (Wildman–Crippen LogP) is 4.96. The summed E-state index contributed by atoms with van der Waals surface area (Å²) < 4.78 is 0. The van der Waals surface area contributed by atoms with Gasteiger partial charge < -0.3 is 5.11 Å². The smallest absolute Gasteiger partial charge is 0.0846 e. The third kappa shape index (κ3) is 2.57. The summed E-state index contributed by atoms with van der Waals surface area (Å²) in [6, 6.07) is 4.03. The minimum Gasteiger partial charge on any atom is -0.388 e. The highest BCUT2D eigenvalue weighted by atomic mass is 35.5. The van der Waals surface area contributed by atoms with Crippen LogP contribution in [-0.2, 0) is 0 Å². The molecule has 1 N–H and O–H groups in total. The summed E-state index contributed by atoms with van der Waals surface area (Å²) in [7, 11) is 0. The lowest BCUT2D eigenvalue weighted by Crippen LogP contribution is -2.28. The summed E-state index contributed by atoms with van der Waals surface area (Å²) in [5, 5.41) is 11.5. The van der Waals surface area contributed by atoms with Crippen LogP contribution in [-0.4, -0.2) is 5.11 Å². The second-order valence-electron chi connectivity index (χ2n) is 6.08. The van der Waals surface area contributed by atoms with Gasteiger partial charge in [-0.3, -0.25) is 0 Å². The molecule has 18 heavy (non-hydrogen) atoms. The molecule has 0 aromatic heterocycles. The van der Waals surface area contributed by atoms with Gasteiger partial charge in [0.05, 0.1) is 6.10 Å². The standard InChI is InChI=1S/C16H23ClO/c1-11-10-14(17)12(2)9-13(11)15(18)16(3)7-5-4-6-8-16/h9-10,15,18H,4-8H2,1-3H3. The zero-order valence-corrected chi connectivity index (χ0v) is 12.3. The Morgan fingerprint density at radius 3 is 2.33 bits per heavy atom. The molecule has 1 unspecified atom stereocenters. The largest absolute Gasteiger partial charge is 0.388 e. The molecule has 1 aromatic rings. The summed E-state index contributed by atoms with van der Waals surface area (Å²) >= 11 is 6.13. The molecule has 1 fully saturated rings. The average Bonchev–Trinajstić information content (AvgIpc) is 2.34. The minimum atomic E-state index is -0.367. The van der Waals surface area contributed by atoms with Gasteiger partial charge in [-0.1, -0.05) is 43.9 Å². The maximum absolute atomic E-state index is 10.8. The van der Waals surface area contributed by atoms with Gasteiger partial charge in [-0.15, -0.1) is 0 Å². The van der Waals surface area contributed by atoms with Crippen molar-refractivity contribution in [3.05, 3.63) is 33.8 Å². The Labute approximate surface area is 115 Å². The Morgan fingerprint density at radius 2 is 1.72 bits per heavy atom. The first kappa shape index (κ1) is 13.9. The summed E-state index contributed by atoms with van der Waals surface area (Å²) in [5.41, 5.74) is 3.24. The normalized spacial score (nSPS) is 20.7. The van der Waals surface area contributed by atoms with E-state index in [-0.39, 0.29) is 11.5 Å². The van der Waals surface area contributed by atoms with Gasteiger partial charge in [0.15, 0.2) is 0 Å². The van der Waals surface area contributed by atoms with Crippen LogP contribution in [0.1, 0.15) is 61.8 Å². The van der Waals surface area contributed by atoms with Crippen LogP contribution < -0.4 is 0 Å². The number of aryl methyl sites for hydroxylation is 2. The molecule has 0 spiro atoms. The molecule has 1 atom stereocenters. The van der Waals surface area contributed by atoms with E-state index < -0.39 is 0 Å². The minimum absolute atomic E-state index is 0.0310. The van der Waals surface area contributed by atoms with Crippen molar-refractivity contribution >= 4 is 11.6 Å². The van der Waals surface area contributed by atoms with Crippen molar-refractivity contribution in [3.63, 3.8) is 0 Å². The Balaban J connectivity index is 2.33. The van der Waals surface area contributed by atoms with Crippen molar-refractivity contribution in [3.8, 4) is 0 Å². The molecule has 0 aliphatic heterocycles. The Bertz CT molecular complexity index is 433. The molecule has 100 valence electrons. The van der Waals surface area contributed by atoms with Crippen molar-refractivity contribution in [1.82, 2.24) is 0 Å². The zero-order valence-electron chi connectivity index (χ0n) is 11.6. The second kappa shape index (κ2) is 5.22. The van der Waals surface area contributed by atoms with Crippen LogP contribution in [0.25, 0.3) is 0 Å². The highest BCUT2D eigenvalue weighted by Gasteiger charge is 2.35. The maximum Gasteiger partial charge on any atom is 0.0846 e. The van der Waals surface area contributed by atoms with Crippen LogP contribution in [0.3, 0.4) is 0 Å². The molecular weight excluding hydrogens is 244 g/mol. The van der Waals surface area contributed by atoms with E-state index in [4.69, 9.17) is 11.6 Å². The van der Waals surface area contributed by atoms with Crippen LogP contribution in [0.2, 0.25) is 5.02 Å². The van der Waals surface area contributed by atoms with E-state index in [0.717, 1.165) is 34.6 Å². The quantitative estimate of drug-likeness (QED) is 0.802. The predicted molar refractivity (Wildman–Crippen MR) is 77.1 cm³/mol.